The summed E-state index contributed by atoms with van der Waals surface area (Å²) in [5.74, 6) is -0.306. The van der Waals surface area contributed by atoms with Crippen molar-refractivity contribution in [2.75, 3.05) is 19.8 Å². The van der Waals surface area contributed by atoms with E-state index in [1.165, 1.54) is 25.9 Å². The van der Waals surface area contributed by atoms with Crippen LogP contribution >= 0.6 is 11.9 Å². The van der Waals surface area contributed by atoms with Gasteiger partial charge in [-0.1, -0.05) is 36.2 Å². The van der Waals surface area contributed by atoms with Gasteiger partial charge < -0.3 is 5.32 Å². The first-order valence-electron chi connectivity index (χ1n) is 8.98. The number of nitrogens with one attached hydrogen (secondary N) is 3. The van der Waals surface area contributed by atoms with Crippen molar-refractivity contribution in [2.24, 2.45) is 5.11 Å². The largest absolute Gasteiger partial charge is 0.327 e. The fraction of sp³-hybridized carbons (Fsp3) is 0.500. The Morgan fingerprint density at radius 1 is 1.27 bits per heavy atom. The summed E-state index contributed by atoms with van der Waals surface area (Å²) in [5, 5.41) is 6.58. The lowest BCUT2D eigenvalue weighted by Crippen LogP contribution is -2.36. The number of rotatable bonds is 8. The van der Waals surface area contributed by atoms with Crippen molar-refractivity contribution in [1.29, 1.82) is 5.53 Å². The molecule has 1 aliphatic heterocycles. The van der Waals surface area contributed by atoms with Gasteiger partial charge in [-0.15, -0.1) is 0 Å². The van der Waals surface area contributed by atoms with Crippen LogP contribution in [0, 0.1) is 5.53 Å². The molecule has 0 bridgehead atoms. The summed E-state index contributed by atoms with van der Waals surface area (Å²) in [5.41, 5.74) is 10.8. The number of amides is 1. The van der Waals surface area contributed by atoms with Crippen LogP contribution < -0.4 is 10.8 Å². The summed E-state index contributed by atoms with van der Waals surface area (Å²) in [6, 6.07) is 6.92. The number of hydrogen-bond acceptors (Lipinski definition) is 7. The smallest absolute Gasteiger partial charge is 0.255 e. The maximum atomic E-state index is 12.1. The van der Waals surface area contributed by atoms with Crippen molar-refractivity contribution in [1.82, 2.24) is 15.1 Å². The molecule has 26 heavy (non-hydrogen) atoms. The molecule has 2 aliphatic rings. The molecule has 0 aromatic heterocycles. The second kappa shape index (κ2) is 9.82. The Morgan fingerprint density at radius 2 is 2.08 bits per heavy atom. The molecule has 7 nitrogen and oxygen atoms in total. The summed E-state index contributed by atoms with van der Waals surface area (Å²) in [6.45, 7) is 2.47. The van der Waals surface area contributed by atoms with E-state index >= 15 is 0 Å². The van der Waals surface area contributed by atoms with E-state index in [4.69, 9.17) is 10.4 Å². The molecule has 1 aromatic carbocycles. The minimum Gasteiger partial charge on any atom is -0.327 e. The van der Waals surface area contributed by atoms with Crippen LogP contribution in [0.15, 0.2) is 41.5 Å². The quantitative estimate of drug-likeness (QED) is 0.162. The molecular weight excluding hydrogens is 350 g/mol. The van der Waals surface area contributed by atoms with Gasteiger partial charge in [-0.2, -0.15) is 10.6 Å². The SMILES string of the molecule is N=Nc1ccccc1C(=O)NCONC1C=CC(SN2CCCC2)CC1. The monoisotopic (exact) mass is 375 g/mol. The predicted octanol–water partition coefficient (Wildman–Crippen LogP) is 3.39. The first kappa shape index (κ1) is 19.0. The Bertz CT molecular complexity index is 648. The molecule has 3 rings (SSSR count). The number of nitrogens with zero attached hydrogens (tertiary/aromatic N) is 2. The third kappa shape index (κ3) is 5.38. The molecule has 1 fully saturated rings. The third-order valence-corrected chi connectivity index (χ3v) is 5.81. The van der Waals surface area contributed by atoms with E-state index < -0.39 is 0 Å². The molecule has 2 atom stereocenters. The predicted molar refractivity (Wildman–Crippen MR) is 102 cm³/mol. The van der Waals surface area contributed by atoms with Gasteiger partial charge >= 0.3 is 0 Å². The van der Waals surface area contributed by atoms with E-state index in [-0.39, 0.29) is 18.7 Å². The van der Waals surface area contributed by atoms with Crippen LogP contribution in [0.25, 0.3) is 0 Å². The highest BCUT2D eigenvalue weighted by molar-refractivity contribution is 7.97. The lowest BCUT2D eigenvalue weighted by atomic mass is 10.0. The zero-order valence-corrected chi connectivity index (χ0v) is 15.5. The van der Waals surface area contributed by atoms with Crippen molar-refractivity contribution in [3.05, 3.63) is 42.0 Å². The molecule has 8 heteroatoms. The maximum absolute atomic E-state index is 12.1. The number of carbonyl (C=O) groups excluding carboxylic acids is 1. The number of hydroxylamine groups is 1. The topological polar surface area (TPSA) is 89.8 Å². The first-order chi connectivity index (χ1) is 12.8. The Kier molecular flexibility index (Phi) is 7.19. The Morgan fingerprint density at radius 3 is 2.81 bits per heavy atom. The van der Waals surface area contributed by atoms with E-state index in [0.717, 1.165) is 12.8 Å². The highest BCUT2D eigenvalue weighted by Crippen LogP contribution is 2.29. The summed E-state index contributed by atoms with van der Waals surface area (Å²) < 4.78 is 2.47. The zero-order valence-electron chi connectivity index (χ0n) is 14.7. The van der Waals surface area contributed by atoms with Crippen LogP contribution in [-0.4, -0.2) is 41.3 Å². The van der Waals surface area contributed by atoms with Crippen LogP contribution in [0.5, 0.6) is 0 Å². The number of para-hydroxylation sites is 1. The molecule has 0 saturated carbocycles. The maximum Gasteiger partial charge on any atom is 0.255 e. The summed E-state index contributed by atoms with van der Waals surface area (Å²) in [4.78, 5) is 17.5. The molecule has 1 aliphatic carbocycles. The van der Waals surface area contributed by atoms with Crippen LogP contribution in [-0.2, 0) is 4.84 Å². The average molecular weight is 375 g/mol. The summed E-state index contributed by atoms with van der Waals surface area (Å²) >= 11 is 1.96. The molecule has 1 aromatic rings. The minimum absolute atomic E-state index is 0.0570. The zero-order chi connectivity index (χ0) is 18.2. The van der Waals surface area contributed by atoms with Gasteiger partial charge in [-0.05, 0) is 37.8 Å². The van der Waals surface area contributed by atoms with Gasteiger partial charge in [-0.25, -0.2) is 5.53 Å². The van der Waals surface area contributed by atoms with Gasteiger partial charge in [0, 0.05) is 18.3 Å². The number of carbonyl (C=O) groups is 1. The molecular formula is C18H25N5O2S. The molecule has 3 N–H and O–H groups in total. The second-order valence-electron chi connectivity index (χ2n) is 6.39. The standard InChI is InChI=1S/C18H25N5O2S/c19-21-17-6-2-1-5-16(17)18(24)20-13-25-22-14-7-9-15(10-8-14)26-23-11-3-4-12-23/h1-2,5-7,9,14-15,19,22H,3-4,8,10-13H2,(H,20,24). The van der Waals surface area contributed by atoms with Gasteiger partial charge in [0.05, 0.1) is 17.3 Å². The van der Waals surface area contributed by atoms with Crippen molar-refractivity contribution in [3.63, 3.8) is 0 Å². The summed E-state index contributed by atoms with van der Waals surface area (Å²) in [6.07, 6.45) is 9.15. The Hall–Kier alpha value is -1.74. The van der Waals surface area contributed by atoms with Crippen LogP contribution in [0.1, 0.15) is 36.0 Å². The number of benzene rings is 1. The molecule has 1 amide bonds. The van der Waals surface area contributed by atoms with Gasteiger partial charge in [0.1, 0.15) is 6.73 Å². The highest BCUT2D eigenvalue weighted by Gasteiger charge is 2.21. The average Bonchev–Trinajstić information content (AvgIpc) is 3.19. The molecule has 1 saturated heterocycles. The van der Waals surface area contributed by atoms with Gasteiger partial charge in [0.25, 0.3) is 5.91 Å². The lowest BCUT2D eigenvalue weighted by Gasteiger charge is -2.26. The highest BCUT2D eigenvalue weighted by atomic mass is 32.2. The van der Waals surface area contributed by atoms with Crippen LogP contribution in [0.3, 0.4) is 0 Å². The molecule has 2 unspecified atom stereocenters. The van der Waals surface area contributed by atoms with Gasteiger partial charge in [-0.3, -0.25) is 13.9 Å². The van der Waals surface area contributed by atoms with Crippen molar-refractivity contribution in [3.8, 4) is 0 Å². The molecule has 140 valence electrons. The van der Waals surface area contributed by atoms with Gasteiger partial charge in [0.15, 0.2) is 0 Å². The fourth-order valence-electron chi connectivity index (χ4n) is 3.07. The van der Waals surface area contributed by atoms with E-state index in [0.29, 0.717) is 16.5 Å². The lowest BCUT2D eigenvalue weighted by molar-refractivity contribution is 0.0124. The van der Waals surface area contributed by atoms with E-state index in [1.54, 1.807) is 24.3 Å². The molecule has 1 heterocycles. The molecule has 0 radical (unpaired) electrons. The van der Waals surface area contributed by atoms with Crippen LogP contribution in [0.2, 0.25) is 0 Å². The second-order valence-corrected chi connectivity index (χ2v) is 7.72. The fourth-order valence-corrected chi connectivity index (χ4v) is 4.33. The van der Waals surface area contributed by atoms with Crippen molar-refractivity contribution < 1.29 is 9.63 Å². The summed E-state index contributed by atoms with van der Waals surface area (Å²) in [7, 11) is 0. The number of hydrogen-bond donors (Lipinski definition) is 3. The minimum atomic E-state index is -0.306. The molecule has 0 spiro atoms. The normalized spacial score (nSPS) is 23.1. The third-order valence-electron chi connectivity index (χ3n) is 4.48. The van der Waals surface area contributed by atoms with E-state index in [2.05, 4.69) is 32.4 Å². The van der Waals surface area contributed by atoms with E-state index in [1.807, 2.05) is 11.9 Å². The van der Waals surface area contributed by atoms with E-state index in [9.17, 15) is 4.79 Å². The van der Waals surface area contributed by atoms with Gasteiger partial charge in [0.2, 0.25) is 0 Å². The first-order valence-corrected chi connectivity index (χ1v) is 9.82. The Balaban J connectivity index is 1.35. The Labute approximate surface area is 158 Å². The van der Waals surface area contributed by atoms with Crippen molar-refractivity contribution >= 4 is 23.5 Å². The van der Waals surface area contributed by atoms with Crippen molar-refractivity contribution in [2.45, 2.75) is 37.0 Å². The van der Waals surface area contributed by atoms with Crippen LogP contribution in [0.4, 0.5) is 5.69 Å².